The zero-order valence-electron chi connectivity index (χ0n) is 11.4. The number of carbonyl (C=O) groups excluding carboxylic acids is 1. The van der Waals surface area contributed by atoms with Crippen LogP contribution in [0.15, 0.2) is 42.7 Å². The number of hydrogen-bond acceptors (Lipinski definition) is 3. The monoisotopic (exact) mass is 292 g/mol. The van der Waals surface area contributed by atoms with Gasteiger partial charge >= 0.3 is 0 Å². The molecule has 1 aromatic heterocycles. The molecule has 106 valence electrons. The zero-order chi connectivity index (χ0) is 13.7. The average Bonchev–Trinajstić information content (AvgIpc) is 2.46. The summed E-state index contributed by atoms with van der Waals surface area (Å²) in [6, 6.07) is 9.23. The van der Waals surface area contributed by atoms with E-state index in [4.69, 9.17) is 4.74 Å². The van der Waals surface area contributed by atoms with E-state index in [0.717, 1.165) is 16.9 Å². The number of pyridine rings is 1. The molecule has 0 aliphatic heterocycles. The lowest BCUT2D eigenvalue weighted by Gasteiger charge is -2.08. The van der Waals surface area contributed by atoms with E-state index in [0.29, 0.717) is 12.1 Å². The van der Waals surface area contributed by atoms with Crippen molar-refractivity contribution in [3.05, 3.63) is 59.4 Å². The van der Waals surface area contributed by atoms with Crippen LogP contribution in [-0.4, -0.2) is 18.0 Å². The van der Waals surface area contributed by atoms with Crippen molar-refractivity contribution in [1.29, 1.82) is 0 Å². The quantitative estimate of drug-likeness (QED) is 0.943. The van der Waals surface area contributed by atoms with Crippen LogP contribution in [0.1, 0.15) is 21.5 Å². The van der Waals surface area contributed by atoms with Crippen LogP contribution < -0.4 is 10.1 Å². The van der Waals surface area contributed by atoms with Crippen LogP contribution >= 0.6 is 12.4 Å². The molecule has 2 aromatic rings. The predicted molar refractivity (Wildman–Crippen MR) is 80.4 cm³/mol. The van der Waals surface area contributed by atoms with Crippen LogP contribution in [0.5, 0.6) is 5.75 Å². The molecular formula is C15H17ClN2O2. The molecule has 2 rings (SSSR count). The van der Waals surface area contributed by atoms with E-state index < -0.39 is 0 Å². The van der Waals surface area contributed by atoms with E-state index >= 15 is 0 Å². The molecule has 1 amide bonds. The second-order valence-corrected chi connectivity index (χ2v) is 4.22. The maximum absolute atomic E-state index is 11.9. The van der Waals surface area contributed by atoms with Gasteiger partial charge in [-0.1, -0.05) is 12.1 Å². The summed E-state index contributed by atoms with van der Waals surface area (Å²) in [6.45, 7) is 2.47. The molecule has 1 aromatic carbocycles. The summed E-state index contributed by atoms with van der Waals surface area (Å²) in [4.78, 5) is 15.7. The molecule has 0 saturated heterocycles. The molecule has 1 heterocycles. The first-order valence-corrected chi connectivity index (χ1v) is 6.02. The van der Waals surface area contributed by atoms with Gasteiger partial charge in [0.2, 0.25) is 0 Å². The Kier molecular flexibility index (Phi) is 6.00. The van der Waals surface area contributed by atoms with Gasteiger partial charge in [0, 0.05) is 24.5 Å². The predicted octanol–water partition coefficient (Wildman–Crippen LogP) is 2.75. The molecule has 0 spiro atoms. The van der Waals surface area contributed by atoms with Crippen molar-refractivity contribution < 1.29 is 9.53 Å². The Morgan fingerprint density at radius 1 is 1.25 bits per heavy atom. The minimum absolute atomic E-state index is 0. The van der Waals surface area contributed by atoms with Gasteiger partial charge in [-0.15, -0.1) is 12.4 Å². The fourth-order valence-corrected chi connectivity index (χ4v) is 1.84. The Balaban J connectivity index is 0.00000200. The normalized spacial score (nSPS) is 9.50. The Bertz CT molecular complexity index is 573. The van der Waals surface area contributed by atoms with Crippen molar-refractivity contribution in [1.82, 2.24) is 10.3 Å². The van der Waals surface area contributed by atoms with Crippen LogP contribution in [0.25, 0.3) is 0 Å². The summed E-state index contributed by atoms with van der Waals surface area (Å²) in [6.07, 6.45) is 3.21. The summed E-state index contributed by atoms with van der Waals surface area (Å²) in [5.41, 5.74) is 2.71. The van der Waals surface area contributed by atoms with E-state index in [1.165, 1.54) is 0 Å². The number of carbonyl (C=O) groups is 1. The van der Waals surface area contributed by atoms with Gasteiger partial charge in [-0.05, 0) is 36.2 Å². The third kappa shape index (κ3) is 3.96. The highest BCUT2D eigenvalue weighted by Crippen LogP contribution is 2.18. The zero-order valence-corrected chi connectivity index (χ0v) is 12.2. The molecule has 0 bridgehead atoms. The van der Waals surface area contributed by atoms with E-state index in [2.05, 4.69) is 10.3 Å². The topological polar surface area (TPSA) is 51.2 Å². The smallest absolute Gasteiger partial charge is 0.251 e. The van der Waals surface area contributed by atoms with Gasteiger partial charge in [-0.2, -0.15) is 0 Å². The van der Waals surface area contributed by atoms with Crippen molar-refractivity contribution >= 4 is 18.3 Å². The second kappa shape index (κ2) is 7.50. The minimum atomic E-state index is -0.101. The third-order valence-corrected chi connectivity index (χ3v) is 2.85. The Hall–Kier alpha value is -2.07. The summed E-state index contributed by atoms with van der Waals surface area (Å²) >= 11 is 0. The number of benzene rings is 1. The van der Waals surface area contributed by atoms with Crippen LogP contribution in [0.3, 0.4) is 0 Å². The molecule has 0 aliphatic carbocycles. The van der Waals surface area contributed by atoms with Gasteiger partial charge in [-0.3, -0.25) is 9.78 Å². The van der Waals surface area contributed by atoms with Crippen LogP contribution in [0.4, 0.5) is 0 Å². The first-order chi connectivity index (χ1) is 9.20. The standard InChI is InChI=1S/C15H16N2O2.ClH/c1-11-9-12(3-4-14(11)19-2)10-17-15(18)13-5-7-16-8-6-13;/h3-9H,10H2,1-2H3,(H,17,18);1H. The van der Waals surface area contributed by atoms with Gasteiger partial charge in [-0.25, -0.2) is 0 Å². The molecule has 0 fully saturated rings. The van der Waals surface area contributed by atoms with Crippen LogP contribution in [-0.2, 0) is 6.54 Å². The molecule has 20 heavy (non-hydrogen) atoms. The fourth-order valence-electron chi connectivity index (χ4n) is 1.84. The first kappa shape index (κ1) is 16.0. The maximum atomic E-state index is 11.9. The number of nitrogens with zero attached hydrogens (tertiary/aromatic N) is 1. The Labute approximate surface area is 124 Å². The van der Waals surface area contributed by atoms with E-state index in [1.807, 2.05) is 25.1 Å². The summed E-state index contributed by atoms with van der Waals surface area (Å²) in [5.74, 6) is 0.750. The van der Waals surface area contributed by atoms with Gasteiger partial charge in [0.05, 0.1) is 7.11 Å². The van der Waals surface area contributed by atoms with Crippen molar-refractivity contribution in [3.63, 3.8) is 0 Å². The van der Waals surface area contributed by atoms with E-state index in [-0.39, 0.29) is 18.3 Å². The molecule has 0 aliphatic rings. The lowest BCUT2D eigenvalue weighted by molar-refractivity contribution is 0.0951. The number of nitrogens with one attached hydrogen (secondary N) is 1. The van der Waals surface area contributed by atoms with Gasteiger partial charge in [0.15, 0.2) is 0 Å². The number of halogens is 1. The lowest BCUT2D eigenvalue weighted by Crippen LogP contribution is -2.22. The number of rotatable bonds is 4. The summed E-state index contributed by atoms with van der Waals surface area (Å²) in [5, 5.41) is 2.87. The largest absolute Gasteiger partial charge is 0.496 e. The molecule has 0 radical (unpaired) electrons. The number of aryl methyl sites for hydroxylation is 1. The molecule has 1 N–H and O–H groups in total. The Morgan fingerprint density at radius 3 is 2.55 bits per heavy atom. The Morgan fingerprint density at radius 2 is 1.95 bits per heavy atom. The number of ether oxygens (including phenoxy) is 1. The molecule has 0 atom stereocenters. The van der Waals surface area contributed by atoms with Gasteiger partial charge in [0.1, 0.15) is 5.75 Å². The van der Waals surface area contributed by atoms with Crippen molar-refractivity contribution in [3.8, 4) is 5.75 Å². The lowest BCUT2D eigenvalue weighted by atomic mass is 10.1. The number of aromatic nitrogens is 1. The van der Waals surface area contributed by atoms with E-state index in [9.17, 15) is 4.79 Å². The molecule has 0 unspecified atom stereocenters. The van der Waals surface area contributed by atoms with Crippen molar-refractivity contribution in [2.24, 2.45) is 0 Å². The van der Waals surface area contributed by atoms with Gasteiger partial charge < -0.3 is 10.1 Å². The number of methoxy groups -OCH3 is 1. The molecule has 4 nitrogen and oxygen atoms in total. The van der Waals surface area contributed by atoms with Crippen molar-refractivity contribution in [2.45, 2.75) is 13.5 Å². The van der Waals surface area contributed by atoms with Crippen molar-refractivity contribution in [2.75, 3.05) is 7.11 Å². The first-order valence-electron chi connectivity index (χ1n) is 6.02. The molecule has 5 heteroatoms. The van der Waals surface area contributed by atoms with Gasteiger partial charge in [0.25, 0.3) is 5.91 Å². The van der Waals surface area contributed by atoms with Crippen LogP contribution in [0, 0.1) is 6.92 Å². The highest BCUT2D eigenvalue weighted by molar-refractivity contribution is 5.93. The highest BCUT2D eigenvalue weighted by Gasteiger charge is 2.05. The highest BCUT2D eigenvalue weighted by atomic mass is 35.5. The summed E-state index contributed by atoms with van der Waals surface area (Å²) < 4.78 is 5.20. The molecular weight excluding hydrogens is 276 g/mol. The molecule has 0 saturated carbocycles. The number of hydrogen-bond donors (Lipinski definition) is 1. The minimum Gasteiger partial charge on any atom is -0.496 e. The average molecular weight is 293 g/mol. The summed E-state index contributed by atoms with van der Waals surface area (Å²) in [7, 11) is 1.65. The maximum Gasteiger partial charge on any atom is 0.251 e. The third-order valence-electron chi connectivity index (χ3n) is 2.85. The van der Waals surface area contributed by atoms with E-state index in [1.54, 1.807) is 31.6 Å². The SMILES string of the molecule is COc1ccc(CNC(=O)c2ccncc2)cc1C.Cl. The van der Waals surface area contributed by atoms with Crippen LogP contribution in [0.2, 0.25) is 0 Å². The number of amides is 1. The second-order valence-electron chi connectivity index (χ2n) is 4.22. The fraction of sp³-hybridized carbons (Fsp3) is 0.200.